The van der Waals surface area contributed by atoms with E-state index in [1.54, 1.807) is 12.4 Å². The van der Waals surface area contributed by atoms with Crippen LogP contribution in [0.15, 0.2) is 24.5 Å². The van der Waals surface area contributed by atoms with Crippen molar-refractivity contribution in [1.29, 1.82) is 0 Å². The summed E-state index contributed by atoms with van der Waals surface area (Å²) in [6.45, 7) is 1.88. The number of hydrogen-bond donors (Lipinski definition) is 2. The fourth-order valence-corrected chi connectivity index (χ4v) is 1.64. The highest BCUT2D eigenvalue weighted by Gasteiger charge is 2.30. The second kappa shape index (κ2) is 7.25. The van der Waals surface area contributed by atoms with Gasteiger partial charge in [-0.3, -0.25) is 4.98 Å². The van der Waals surface area contributed by atoms with Crippen molar-refractivity contribution in [3.05, 3.63) is 30.1 Å². The van der Waals surface area contributed by atoms with Crippen LogP contribution < -0.4 is 11.1 Å². The van der Waals surface area contributed by atoms with Gasteiger partial charge in [0.1, 0.15) is 0 Å². The zero-order valence-electron chi connectivity index (χ0n) is 8.18. The van der Waals surface area contributed by atoms with Crippen LogP contribution in [0.4, 0.5) is 0 Å². The highest BCUT2D eigenvalue weighted by atomic mass is 35.5. The van der Waals surface area contributed by atoms with Gasteiger partial charge in [-0.1, -0.05) is 0 Å². The fraction of sp³-hybridized carbons (Fsp3) is 0.444. The molecule has 0 aliphatic carbocycles. The maximum Gasteiger partial charge on any atom is 0.0549 e. The average Bonchev–Trinajstić information content (AvgIpc) is 2.55. The molecule has 1 saturated heterocycles. The summed E-state index contributed by atoms with van der Waals surface area (Å²) in [5.74, 6) is 0. The Morgan fingerprint density at radius 1 is 1.20 bits per heavy atom. The second-order valence-electron chi connectivity index (χ2n) is 3.32. The van der Waals surface area contributed by atoms with E-state index in [-0.39, 0.29) is 42.8 Å². The van der Waals surface area contributed by atoms with E-state index >= 15 is 0 Å². The normalized spacial score (nSPS) is 23.3. The third kappa shape index (κ3) is 3.78. The van der Waals surface area contributed by atoms with Gasteiger partial charge in [-0.15, -0.1) is 37.2 Å². The minimum atomic E-state index is -0.164. The molecule has 1 aliphatic heterocycles. The zero-order valence-corrected chi connectivity index (χ0v) is 10.6. The van der Waals surface area contributed by atoms with Gasteiger partial charge in [-0.25, -0.2) is 0 Å². The first-order valence-electron chi connectivity index (χ1n) is 4.21. The van der Waals surface area contributed by atoms with Gasteiger partial charge in [0.05, 0.1) is 5.54 Å². The van der Waals surface area contributed by atoms with Gasteiger partial charge in [-0.2, -0.15) is 0 Å². The van der Waals surface area contributed by atoms with E-state index in [0.29, 0.717) is 0 Å². The molecule has 3 N–H and O–H groups in total. The average molecular weight is 273 g/mol. The molecule has 2 heterocycles. The summed E-state index contributed by atoms with van der Waals surface area (Å²) < 4.78 is 0. The molecular weight excluding hydrogens is 256 g/mol. The molecule has 3 nitrogen and oxygen atoms in total. The number of nitrogens with two attached hydrogens (primary N) is 1. The molecule has 2 rings (SSSR count). The van der Waals surface area contributed by atoms with E-state index in [2.05, 4.69) is 10.3 Å². The zero-order chi connectivity index (χ0) is 8.44. The minimum absolute atomic E-state index is 0. The lowest BCUT2D eigenvalue weighted by Gasteiger charge is -2.22. The molecule has 15 heavy (non-hydrogen) atoms. The number of aromatic nitrogens is 1. The van der Waals surface area contributed by atoms with E-state index in [1.165, 1.54) is 5.56 Å². The molecular formula is C9H16Cl3N3. The van der Waals surface area contributed by atoms with Crippen molar-refractivity contribution < 1.29 is 0 Å². The van der Waals surface area contributed by atoms with Gasteiger partial charge in [0.2, 0.25) is 0 Å². The van der Waals surface area contributed by atoms with Crippen molar-refractivity contribution >= 4 is 37.2 Å². The first-order valence-corrected chi connectivity index (χ1v) is 4.21. The monoisotopic (exact) mass is 271 g/mol. The number of hydrogen-bond acceptors (Lipinski definition) is 3. The van der Waals surface area contributed by atoms with Crippen LogP contribution >= 0.6 is 37.2 Å². The molecule has 0 radical (unpaired) electrons. The first kappa shape index (κ1) is 17.3. The maximum atomic E-state index is 6.19. The molecule has 1 aromatic rings. The van der Waals surface area contributed by atoms with E-state index in [9.17, 15) is 0 Å². The molecule has 0 saturated carbocycles. The van der Waals surface area contributed by atoms with E-state index < -0.39 is 0 Å². The lowest BCUT2D eigenvalue weighted by atomic mass is 9.91. The Hall–Kier alpha value is -0.0600. The Balaban J connectivity index is 0. The third-order valence-electron chi connectivity index (χ3n) is 2.44. The number of halogens is 3. The molecule has 1 atom stereocenters. The number of rotatable bonds is 1. The molecule has 6 heteroatoms. The highest BCUT2D eigenvalue weighted by Crippen LogP contribution is 2.23. The topological polar surface area (TPSA) is 50.9 Å². The Labute approximate surface area is 108 Å². The van der Waals surface area contributed by atoms with Crippen LogP contribution in [0.1, 0.15) is 12.0 Å². The Bertz CT molecular complexity index is 263. The molecule has 1 unspecified atom stereocenters. The molecule has 0 bridgehead atoms. The SMILES string of the molecule is Cl.Cl.Cl.NC1(c2ccncc2)CCNC1. The molecule has 1 aliphatic rings. The summed E-state index contributed by atoms with van der Waals surface area (Å²) in [5, 5.41) is 3.27. The second-order valence-corrected chi connectivity index (χ2v) is 3.32. The standard InChI is InChI=1S/C9H13N3.3ClH/c10-9(3-6-12-7-9)8-1-4-11-5-2-8;;;/h1-2,4-5,12H,3,6-7,10H2;3*1H. The quantitative estimate of drug-likeness (QED) is 0.814. The van der Waals surface area contributed by atoms with E-state index in [1.807, 2.05) is 12.1 Å². The summed E-state index contributed by atoms with van der Waals surface area (Å²) in [6.07, 6.45) is 4.60. The smallest absolute Gasteiger partial charge is 0.0549 e. The van der Waals surface area contributed by atoms with Gasteiger partial charge < -0.3 is 11.1 Å². The van der Waals surface area contributed by atoms with Crippen LogP contribution in [0.3, 0.4) is 0 Å². The number of nitrogens with zero attached hydrogens (tertiary/aromatic N) is 1. The Morgan fingerprint density at radius 3 is 2.27 bits per heavy atom. The van der Waals surface area contributed by atoms with Crippen molar-refractivity contribution in [3.63, 3.8) is 0 Å². The maximum absolute atomic E-state index is 6.19. The predicted molar refractivity (Wildman–Crippen MR) is 69.3 cm³/mol. The summed E-state index contributed by atoms with van der Waals surface area (Å²) >= 11 is 0. The largest absolute Gasteiger partial charge is 0.320 e. The van der Waals surface area contributed by atoms with Crippen LogP contribution in [-0.2, 0) is 5.54 Å². The van der Waals surface area contributed by atoms with Gasteiger partial charge in [-0.05, 0) is 30.7 Å². The molecule has 88 valence electrons. The number of nitrogens with one attached hydrogen (secondary N) is 1. The Morgan fingerprint density at radius 2 is 1.80 bits per heavy atom. The number of pyridine rings is 1. The van der Waals surface area contributed by atoms with Crippen molar-refractivity contribution in [2.45, 2.75) is 12.0 Å². The van der Waals surface area contributed by atoms with Crippen LogP contribution in [0, 0.1) is 0 Å². The summed E-state index contributed by atoms with van der Waals surface area (Å²) in [7, 11) is 0. The van der Waals surface area contributed by atoms with Crippen molar-refractivity contribution in [2.24, 2.45) is 5.73 Å². The van der Waals surface area contributed by atoms with Crippen LogP contribution in [0.2, 0.25) is 0 Å². The van der Waals surface area contributed by atoms with Gasteiger partial charge in [0.15, 0.2) is 0 Å². The van der Waals surface area contributed by atoms with Crippen LogP contribution in [-0.4, -0.2) is 18.1 Å². The summed E-state index contributed by atoms with van der Waals surface area (Å²) in [5.41, 5.74) is 7.21. The van der Waals surface area contributed by atoms with E-state index in [0.717, 1.165) is 19.5 Å². The molecule has 1 fully saturated rings. The van der Waals surface area contributed by atoms with Gasteiger partial charge in [0.25, 0.3) is 0 Å². The molecule has 0 aromatic carbocycles. The Kier molecular flexibility index (Phi) is 8.38. The predicted octanol–water partition coefficient (Wildman–Crippen LogP) is 1.49. The van der Waals surface area contributed by atoms with Crippen molar-refractivity contribution in [3.8, 4) is 0 Å². The van der Waals surface area contributed by atoms with E-state index in [4.69, 9.17) is 5.73 Å². The lowest BCUT2D eigenvalue weighted by Crippen LogP contribution is -2.38. The van der Waals surface area contributed by atoms with Gasteiger partial charge in [0, 0.05) is 18.9 Å². The molecule has 0 spiro atoms. The highest BCUT2D eigenvalue weighted by molar-refractivity contribution is 5.86. The summed E-state index contributed by atoms with van der Waals surface area (Å²) in [6, 6.07) is 3.99. The summed E-state index contributed by atoms with van der Waals surface area (Å²) in [4.78, 5) is 3.97. The fourth-order valence-electron chi connectivity index (χ4n) is 1.64. The third-order valence-corrected chi connectivity index (χ3v) is 2.44. The first-order chi connectivity index (χ1) is 5.81. The van der Waals surface area contributed by atoms with Crippen molar-refractivity contribution in [2.75, 3.05) is 13.1 Å². The minimum Gasteiger partial charge on any atom is -0.320 e. The van der Waals surface area contributed by atoms with Crippen molar-refractivity contribution in [1.82, 2.24) is 10.3 Å². The van der Waals surface area contributed by atoms with Gasteiger partial charge >= 0.3 is 0 Å². The van der Waals surface area contributed by atoms with Crippen LogP contribution in [0.5, 0.6) is 0 Å². The molecule has 0 amide bonds. The van der Waals surface area contributed by atoms with Crippen LogP contribution in [0.25, 0.3) is 0 Å². The molecule has 1 aromatic heterocycles. The lowest BCUT2D eigenvalue weighted by molar-refractivity contribution is 0.493.